The van der Waals surface area contributed by atoms with Crippen molar-refractivity contribution in [3.63, 3.8) is 0 Å². The molecule has 0 aliphatic heterocycles. The summed E-state index contributed by atoms with van der Waals surface area (Å²) in [6.07, 6.45) is 7.56. The topological polar surface area (TPSA) is 61.3 Å². The monoisotopic (exact) mass is 678 g/mol. The molecule has 254 valence electrons. The largest absolute Gasteiger partial charge is 0.432 e. The first-order valence-corrected chi connectivity index (χ1v) is 15.4. The average Bonchev–Trinajstić information content (AvgIpc) is 3.03. The van der Waals surface area contributed by atoms with Crippen LogP contribution in [0.25, 0.3) is 11.1 Å². The van der Waals surface area contributed by atoms with Crippen LogP contribution in [0.4, 0.5) is 35.1 Å². The van der Waals surface area contributed by atoms with Gasteiger partial charge in [0, 0.05) is 36.2 Å². The Morgan fingerprint density at radius 3 is 1.98 bits per heavy atom. The van der Waals surface area contributed by atoms with E-state index in [2.05, 4.69) is 21.6 Å². The van der Waals surface area contributed by atoms with Gasteiger partial charge in [-0.15, -0.1) is 0 Å². The molecule has 5 rings (SSSR count). The summed E-state index contributed by atoms with van der Waals surface area (Å²) in [5.41, 5.74) is -1.97. The van der Waals surface area contributed by atoms with E-state index >= 15 is 4.39 Å². The molecular weight excluding hydrogens is 648 g/mol. The molecule has 4 aromatic rings. The van der Waals surface area contributed by atoms with Crippen molar-refractivity contribution in [2.75, 3.05) is 0 Å². The first-order valence-electron chi connectivity index (χ1n) is 15.4. The van der Waals surface area contributed by atoms with Crippen LogP contribution >= 0.6 is 0 Å². The van der Waals surface area contributed by atoms with Gasteiger partial charge in [0.25, 0.3) is 0 Å². The van der Waals surface area contributed by atoms with Crippen molar-refractivity contribution in [3.8, 4) is 22.6 Å². The maximum atomic E-state index is 15.0. The van der Waals surface area contributed by atoms with Crippen LogP contribution in [0.5, 0.6) is 11.5 Å². The minimum Gasteiger partial charge on any atom is -0.429 e. The van der Waals surface area contributed by atoms with Crippen molar-refractivity contribution in [2.24, 2.45) is 5.92 Å². The lowest BCUT2D eigenvalue weighted by atomic mass is 9.77. The number of halogens is 8. The molecule has 1 aliphatic rings. The normalized spacial score (nSPS) is 16.5. The quantitative estimate of drug-likeness (QED) is 0.0520. The number of benzene rings is 3. The second kappa shape index (κ2) is 14.7. The zero-order valence-corrected chi connectivity index (χ0v) is 25.7. The molecule has 0 atom stereocenters. The predicted molar refractivity (Wildman–Crippen MR) is 158 cm³/mol. The fraction of sp³-hybridized carbons (Fsp3) is 0.343. The second-order valence-corrected chi connectivity index (χ2v) is 11.7. The van der Waals surface area contributed by atoms with Crippen molar-refractivity contribution < 1.29 is 49.4 Å². The van der Waals surface area contributed by atoms with E-state index in [1.165, 1.54) is 25.7 Å². The third kappa shape index (κ3) is 7.94. The number of unbranched alkanes of at least 4 members (excludes halogenated alkanes) is 2. The summed E-state index contributed by atoms with van der Waals surface area (Å²) in [4.78, 5) is 20.9. The molecule has 1 heterocycles. The SMILES string of the molecule is CCCCCC1CCC(c2cnc(C(=O)Oc3ccc(-c4cc(F)c(C(F)(F)Oc5cc(F)c(F)c(F)c5)c(F)c4)c(F)c3)nc2)CC1. The van der Waals surface area contributed by atoms with E-state index in [1.54, 1.807) is 12.4 Å². The highest BCUT2D eigenvalue weighted by molar-refractivity contribution is 5.87. The van der Waals surface area contributed by atoms with Crippen molar-refractivity contribution >= 4 is 5.97 Å². The Hall–Kier alpha value is -4.55. The van der Waals surface area contributed by atoms with E-state index in [1.807, 2.05) is 0 Å². The molecule has 0 saturated heterocycles. The molecule has 1 aromatic heterocycles. The maximum Gasteiger partial charge on any atom is 0.432 e. The van der Waals surface area contributed by atoms with Crippen LogP contribution < -0.4 is 9.47 Å². The average molecular weight is 679 g/mol. The van der Waals surface area contributed by atoms with E-state index in [0.717, 1.165) is 55.4 Å². The Balaban J connectivity index is 1.24. The van der Waals surface area contributed by atoms with Crippen LogP contribution in [0.15, 0.2) is 54.9 Å². The van der Waals surface area contributed by atoms with Crippen molar-refractivity contribution in [1.29, 1.82) is 0 Å². The van der Waals surface area contributed by atoms with Gasteiger partial charge >= 0.3 is 12.1 Å². The molecule has 5 nitrogen and oxygen atoms in total. The van der Waals surface area contributed by atoms with Gasteiger partial charge in [0.1, 0.15) is 34.5 Å². The van der Waals surface area contributed by atoms with Crippen LogP contribution in [-0.4, -0.2) is 15.9 Å². The molecule has 13 heteroatoms. The minimum atomic E-state index is -4.81. The van der Waals surface area contributed by atoms with E-state index in [9.17, 15) is 35.5 Å². The highest BCUT2D eigenvalue weighted by Crippen LogP contribution is 2.39. The van der Waals surface area contributed by atoms with Crippen LogP contribution in [-0.2, 0) is 6.11 Å². The van der Waals surface area contributed by atoms with Gasteiger partial charge in [-0.2, -0.15) is 8.78 Å². The van der Waals surface area contributed by atoms with Gasteiger partial charge in [-0.25, -0.2) is 41.1 Å². The Morgan fingerprint density at radius 1 is 0.792 bits per heavy atom. The third-order valence-corrected chi connectivity index (χ3v) is 8.39. The van der Waals surface area contributed by atoms with E-state index in [0.29, 0.717) is 18.1 Å². The summed E-state index contributed by atoms with van der Waals surface area (Å²) in [7, 11) is 0. The number of hydrogen-bond acceptors (Lipinski definition) is 5. The zero-order valence-electron chi connectivity index (χ0n) is 25.7. The number of hydrogen-bond donors (Lipinski definition) is 0. The molecule has 0 amide bonds. The highest BCUT2D eigenvalue weighted by Gasteiger charge is 2.41. The summed E-state index contributed by atoms with van der Waals surface area (Å²) in [5.74, 6) is -12.3. The van der Waals surface area contributed by atoms with E-state index < -0.39 is 69.4 Å². The number of alkyl halides is 2. The van der Waals surface area contributed by atoms with Gasteiger partial charge < -0.3 is 9.47 Å². The fourth-order valence-corrected chi connectivity index (χ4v) is 5.86. The lowest BCUT2D eigenvalue weighted by Gasteiger charge is -2.28. The molecule has 1 aliphatic carbocycles. The summed E-state index contributed by atoms with van der Waals surface area (Å²) in [6.45, 7) is 2.19. The van der Waals surface area contributed by atoms with E-state index in [4.69, 9.17) is 4.74 Å². The van der Waals surface area contributed by atoms with Gasteiger partial charge in [0.05, 0.1) is 0 Å². The first-order chi connectivity index (χ1) is 22.9. The number of aromatic nitrogens is 2. The number of carbonyl (C=O) groups is 1. The summed E-state index contributed by atoms with van der Waals surface area (Å²) >= 11 is 0. The van der Waals surface area contributed by atoms with Crippen LogP contribution in [0, 0.1) is 40.8 Å². The Morgan fingerprint density at radius 2 is 1.40 bits per heavy atom. The van der Waals surface area contributed by atoms with Crippen LogP contribution in [0.2, 0.25) is 0 Å². The molecule has 0 N–H and O–H groups in total. The van der Waals surface area contributed by atoms with Crippen LogP contribution in [0.1, 0.15) is 86.0 Å². The smallest absolute Gasteiger partial charge is 0.429 e. The van der Waals surface area contributed by atoms with Gasteiger partial charge in [-0.05, 0) is 72.9 Å². The Bertz CT molecular complexity index is 1730. The van der Waals surface area contributed by atoms with E-state index in [-0.39, 0.29) is 23.7 Å². The second-order valence-electron chi connectivity index (χ2n) is 11.7. The molecule has 0 radical (unpaired) electrons. The number of rotatable bonds is 11. The summed E-state index contributed by atoms with van der Waals surface area (Å²) in [5, 5.41) is 0. The Kier molecular flexibility index (Phi) is 10.6. The number of esters is 1. The zero-order chi connectivity index (χ0) is 34.6. The van der Waals surface area contributed by atoms with Gasteiger partial charge in [0.15, 0.2) is 17.5 Å². The molecule has 48 heavy (non-hydrogen) atoms. The van der Waals surface area contributed by atoms with Crippen molar-refractivity contribution in [2.45, 2.75) is 70.3 Å². The van der Waals surface area contributed by atoms with Crippen molar-refractivity contribution in [3.05, 3.63) is 107 Å². The van der Waals surface area contributed by atoms with Crippen molar-refractivity contribution in [1.82, 2.24) is 9.97 Å². The summed E-state index contributed by atoms with van der Waals surface area (Å²) in [6, 6.07) is 3.79. The first kappa shape index (κ1) is 34.8. The molecule has 0 spiro atoms. The molecule has 0 unspecified atom stereocenters. The standard InChI is InChI=1S/C35H30F8N2O3/c1-2-3-4-5-19-6-8-20(9-7-19)22-17-44-33(45-18-22)34(46)47-23-10-11-25(26(36)14-23)21-12-27(37)31(28(38)13-21)35(42,43)48-24-15-29(39)32(41)30(40)16-24/h10-20H,2-9H2,1H3. The van der Waals surface area contributed by atoms with Gasteiger partial charge in [0.2, 0.25) is 5.82 Å². The Labute approximate surface area is 270 Å². The number of ether oxygens (including phenoxy) is 2. The molecule has 0 bridgehead atoms. The predicted octanol–water partition coefficient (Wildman–Crippen LogP) is 10.2. The molecular formula is C35H30F8N2O3. The molecule has 3 aromatic carbocycles. The third-order valence-electron chi connectivity index (χ3n) is 8.39. The van der Waals surface area contributed by atoms with Gasteiger partial charge in [-0.1, -0.05) is 32.6 Å². The highest BCUT2D eigenvalue weighted by atomic mass is 19.3. The number of nitrogens with zero attached hydrogens (tertiary/aromatic N) is 2. The minimum absolute atomic E-state index is 0.0721. The molecule has 1 fully saturated rings. The lowest BCUT2D eigenvalue weighted by molar-refractivity contribution is -0.189. The summed E-state index contributed by atoms with van der Waals surface area (Å²) < 4.78 is 123. The van der Waals surface area contributed by atoms with Crippen LogP contribution in [0.3, 0.4) is 0 Å². The number of carbonyl (C=O) groups excluding carboxylic acids is 1. The molecule has 1 saturated carbocycles. The lowest BCUT2D eigenvalue weighted by Crippen LogP contribution is -2.25. The fourth-order valence-electron chi connectivity index (χ4n) is 5.86. The maximum absolute atomic E-state index is 15.0. The van der Waals surface area contributed by atoms with Gasteiger partial charge in [-0.3, -0.25) is 0 Å².